The minimum Gasteiger partial charge on any atom is -0.395 e. The van der Waals surface area contributed by atoms with Crippen molar-refractivity contribution in [3.05, 3.63) is 35.4 Å². The van der Waals surface area contributed by atoms with E-state index in [2.05, 4.69) is 34.5 Å². The summed E-state index contributed by atoms with van der Waals surface area (Å²) in [6.45, 7) is 3.32. The van der Waals surface area contributed by atoms with Crippen molar-refractivity contribution in [2.75, 3.05) is 33.3 Å². The van der Waals surface area contributed by atoms with Crippen molar-refractivity contribution in [3.8, 4) is 0 Å². The Morgan fingerprint density at radius 2 is 1.82 bits per heavy atom. The van der Waals surface area contributed by atoms with Crippen LogP contribution >= 0.6 is 0 Å². The fourth-order valence-corrected chi connectivity index (χ4v) is 2.45. The monoisotopic (exact) mass is 234 g/mol. The van der Waals surface area contributed by atoms with E-state index in [-0.39, 0.29) is 12.6 Å². The molecule has 1 atom stereocenters. The van der Waals surface area contributed by atoms with Crippen LogP contribution in [0.4, 0.5) is 0 Å². The largest absolute Gasteiger partial charge is 0.395 e. The van der Waals surface area contributed by atoms with E-state index in [1.807, 2.05) is 7.05 Å². The first kappa shape index (κ1) is 12.6. The first-order valence-electron chi connectivity index (χ1n) is 6.40. The van der Waals surface area contributed by atoms with E-state index >= 15 is 0 Å². The molecule has 1 unspecified atom stereocenters. The summed E-state index contributed by atoms with van der Waals surface area (Å²) in [6.07, 6.45) is 2.25. The van der Waals surface area contributed by atoms with Crippen LogP contribution in [0.3, 0.4) is 0 Å². The van der Waals surface area contributed by atoms with E-state index in [1.54, 1.807) is 0 Å². The van der Waals surface area contributed by atoms with Gasteiger partial charge in [0.05, 0.1) is 6.61 Å². The summed E-state index contributed by atoms with van der Waals surface area (Å²) in [4.78, 5) is 2.44. The zero-order valence-electron chi connectivity index (χ0n) is 10.5. The molecule has 0 saturated carbocycles. The van der Waals surface area contributed by atoms with Crippen LogP contribution in [0, 0.1) is 0 Å². The van der Waals surface area contributed by atoms with Gasteiger partial charge in [-0.15, -0.1) is 0 Å². The zero-order chi connectivity index (χ0) is 12.1. The second-order valence-electron chi connectivity index (χ2n) is 4.74. The van der Waals surface area contributed by atoms with Crippen LogP contribution < -0.4 is 5.32 Å². The number of hydrogen-bond acceptors (Lipinski definition) is 3. The van der Waals surface area contributed by atoms with Crippen LogP contribution in [-0.4, -0.2) is 49.3 Å². The topological polar surface area (TPSA) is 35.5 Å². The van der Waals surface area contributed by atoms with Crippen molar-refractivity contribution in [1.29, 1.82) is 0 Å². The molecule has 2 rings (SSSR count). The lowest BCUT2D eigenvalue weighted by molar-refractivity contribution is 0.190. The second-order valence-corrected chi connectivity index (χ2v) is 4.74. The molecule has 0 aliphatic carbocycles. The number of likely N-dealkylation sites (N-methyl/N-ethyl adjacent to an activating group) is 1. The van der Waals surface area contributed by atoms with Crippen LogP contribution in [0.5, 0.6) is 0 Å². The van der Waals surface area contributed by atoms with Gasteiger partial charge in [0.1, 0.15) is 0 Å². The molecule has 2 N–H and O–H groups in total. The molecule has 0 saturated heterocycles. The summed E-state index contributed by atoms with van der Waals surface area (Å²) in [5.74, 6) is 0. The maximum Gasteiger partial charge on any atom is 0.0597 e. The number of aliphatic hydroxyl groups is 1. The Hall–Kier alpha value is -0.900. The predicted octanol–water partition coefficient (Wildman–Crippen LogP) is 0.667. The zero-order valence-corrected chi connectivity index (χ0v) is 10.5. The SMILES string of the molecule is CNC(CO)CN1CCc2ccccc2CC1. The fraction of sp³-hybridized carbons (Fsp3) is 0.571. The Labute approximate surface area is 103 Å². The summed E-state index contributed by atoms with van der Waals surface area (Å²) in [6, 6.07) is 8.91. The van der Waals surface area contributed by atoms with Crippen molar-refractivity contribution in [3.63, 3.8) is 0 Å². The van der Waals surface area contributed by atoms with Crippen LogP contribution in [-0.2, 0) is 12.8 Å². The summed E-state index contributed by atoms with van der Waals surface area (Å²) in [5.41, 5.74) is 2.97. The molecule has 3 heteroatoms. The van der Waals surface area contributed by atoms with Crippen LogP contribution in [0.25, 0.3) is 0 Å². The van der Waals surface area contributed by atoms with Gasteiger partial charge in [0.25, 0.3) is 0 Å². The average Bonchev–Trinajstić information content (AvgIpc) is 2.58. The molecule has 1 aromatic rings. The van der Waals surface area contributed by atoms with Crippen LogP contribution in [0.15, 0.2) is 24.3 Å². The first-order valence-corrected chi connectivity index (χ1v) is 6.40. The van der Waals surface area contributed by atoms with Gasteiger partial charge >= 0.3 is 0 Å². The van der Waals surface area contributed by atoms with E-state index in [0.29, 0.717) is 0 Å². The first-order chi connectivity index (χ1) is 8.33. The molecule has 1 aromatic carbocycles. The number of hydrogen-bond donors (Lipinski definition) is 2. The van der Waals surface area contributed by atoms with Gasteiger partial charge in [0.15, 0.2) is 0 Å². The smallest absolute Gasteiger partial charge is 0.0597 e. The second kappa shape index (κ2) is 6.15. The highest BCUT2D eigenvalue weighted by molar-refractivity contribution is 5.28. The van der Waals surface area contributed by atoms with Crippen molar-refractivity contribution >= 4 is 0 Å². The molecule has 1 heterocycles. The summed E-state index contributed by atoms with van der Waals surface area (Å²) in [5, 5.41) is 12.4. The van der Waals surface area contributed by atoms with Gasteiger partial charge in [-0.3, -0.25) is 0 Å². The molecule has 94 valence electrons. The van der Waals surface area contributed by atoms with Gasteiger partial charge < -0.3 is 15.3 Å². The number of rotatable bonds is 4. The molecule has 0 spiro atoms. The number of aliphatic hydroxyl groups excluding tert-OH is 1. The van der Waals surface area contributed by atoms with E-state index in [0.717, 1.165) is 32.5 Å². The van der Waals surface area contributed by atoms with Crippen molar-refractivity contribution < 1.29 is 5.11 Å². The molecule has 3 nitrogen and oxygen atoms in total. The van der Waals surface area contributed by atoms with Gasteiger partial charge in [-0.2, -0.15) is 0 Å². The fourth-order valence-electron chi connectivity index (χ4n) is 2.45. The van der Waals surface area contributed by atoms with Gasteiger partial charge in [-0.1, -0.05) is 24.3 Å². The molecule has 1 aliphatic rings. The maximum absolute atomic E-state index is 9.21. The summed E-state index contributed by atoms with van der Waals surface area (Å²) >= 11 is 0. The minimum atomic E-state index is 0.191. The average molecular weight is 234 g/mol. The lowest BCUT2D eigenvalue weighted by Gasteiger charge is -2.24. The predicted molar refractivity (Wildman–Crippen MR) is 70.2 cm³/mol. The van der Waals surface area contributed by atoms with E-state index in [1.165, 1.54) is 11.1 Å². The third-order valence-electron chi connectivity index (χ3n) is 3.62. The van der Waals surface area contributed by atoms with Crippen molar-refractivity contribution in [2.24, 2.45) is 0 Å². The maximum atomic E-state index is 9.21. The van der Waals surface area contributed by atoms with Crippen molar-refractivity contribution in [2.45, 2.75) is 18.9 Å². The van der Waals surface area contributed by atoms with Crippen molar-refractivity contribution in [1.82, 2.24) is 10.2 Å². The molecule has 1 aliphatic heterocycles. The Bertz CT molecular complexity index is 323. The minimum absolute atomic E-state index is 0.191. The van der Waals surface area contributed by atoms with Crippen LogP contribution in [0.1, 0.15) is 11.1 Å². The van der Waals surface area contributed by atoms with E-state index in [4.69, 9.17) is 0 Å². The molecular weight excluding hydrogens is 212 g/mol. The standard InChI is InChI=1S/C14H22N2O/c1-15-14(11-17)10-16-8-6-12-4-2-3-5-13(12)7-9-16/h2-5,14-15,17H,6-11H2,1H3. The lowest BCUT2D eigenvalue weighted by atomic mass is 10.0. The lowest BCUT2D eigenvalue weighted by Crippen LogP contribution is -2.42. The highest BCUT2D eigenvalue weighted by Crippen LogP contribution is 2.15. The molecular formula is C14H22N2O. The molecule has 17 heavy (non-hydrogen) atoms. The third kappa shape index (κ3) is 3.28. The van der Waals surface area contributed by atoms with Gasteiger partial charge in [-0.25, -0.2) is 0 Å². The molecule has 0 aromatic heterocycles. The Morgan fingerprint density at radius 3 is 2.29 bits per heavy atom. The highest BCUT2D eigenvalue weighted by atomic mass is 16.3. The highest BCUT2D eigenvalue weighted by Gasteiger charge is 2.16. The Morgan fingerprint density at radius 1 is 1.24 bits per heavy atom. The normalized spacial score (nSPS) is 18.5. The third-order valence-corrected chi connectivity index (χ3v) is 3.62. The quantitative estimate of drug-likeness (QED) is 0.804. The van der Waals surface area contributed by atoms with Gasteiger partial charge in [0.2, 0.25) is 0 Å². The number of nitrogens with zero attached hydrogens (tertiary/aromatic N) is 1. The van der Waals surface area contributed by atoms with E-state index < -0.39 is 0 Å². The van der Waals surface area contributed by atoms with E-state index in [9.17, 15) is 5.11 Å². The Balaban J connectivity index is 1.95. The molecule has 0 fully saturated rings. The molecule has 0 radical (unpaired) electrons. The molecule has 0 amide bonds. The number of nitrogens with one attached hydrogen (secondary N) is 1. The molecule has 0 bridgehead atoms. The number of fused-ring (bicyclic) bond motifs is 1. The Kier molecular flexibility index (Phi) is 4.54. The van der Waals surface area contributed by atoms with Crippen LogP contribution in [0.2, 0.25) is 0 Å². The summed E-state index contributed by atoms with van der Waals surface area (Å²) in [7, 11) is 1.91. The van der Waals surface area contributed by atoms with Gasteiger partial charge in [-0.05, 0) is 31.0 Å². The summed E-state index contributed by atoms with van der Waals surface area (Å²) < 4.78 is 0. The van der Waals surface area contributed by atoms with Gasteiger partial charge in [0, 0.05) is 25.7 Å². The number of benzene rings is 1.